The van der Waals surface area contributed by atoms with Crippen LogP contribution in [-0.4, -0.2) is 47.6 Å². The molecule has 10 heteroatoms. The number of benzene rings is 2. The summed E-state index contributed by atoms with van der Waals surface area (Å²) in [5.41, 5.74) is 2.09. The van der Waals surface area contributed by atoms with Crippen molar-refractivity contribution >= 4 is 17.6 Å². The van der Waals surface area contributed by atoms with Crippen LogP contribution in [0, 0.1) is 33.6 Å². The second-order valence-electron chi connectivity index (χ2n) is 11.8. The predicted molar refractivity (Wildman–Crippen MR) is 150 cm³/mol. The van der Waals surface area contributed by atoms with Gasteiger partial charge in [-0.1, -0.05) is 23.3 Å². The van der Waals surface area contributed by atoms with Gasteiger partial charge in [-0.3, -0.25) is 15.0 Å². The lowest BCUT2D eigenvalue weighted by atomic mass is 9.67. The Bertz CT molecular complexity index is 1500. The van der Waals surface area contributed by atoms with E-state index in [2.05, 4.69) is 0 Å². The average Bonchev–Trinajstić information content (AvgIpc) is 3.23. The van der Waals surface area contributed by atoms with Crippen LogP contribution < -0.4 is 0 Å². The molecule has 222 valence electrons. The van der Waals surface area contributed by atoms with Crippen molar-refractivity contribution in [3.05, 3.63) is 97.6 Å². The Morgan fingerprint density at radius 1 is 1.02 bits per heavy atom. The monoisotopic (exact) mass is 580 g/mol. The Hall–Kier alpha value is -3.92. The number of fused-ring (bicyclic) bond motifs is 1. The van der Waals surface area contributed by atoms with Gasteiger partial charge in [-0.05, 0) is 68.7 Å². The average molecular weight is 581 g/mol. The van der Waals surface area contributed by atoms with Crippen molar-refractivity contribution in [3.8, 4) is 0 Å². The topological polar surface area (TPSA) is 99.0 Å². The number of non-ortho nitro benzene ring substituents is 1. The van der Waals surface area contributed by atoms with E-state index in [1.54, 1.807) is 12.1 Å². The molecule has 0 radical (unpaired) electrons. The molecule has 2 aromatic rings. The first-order valence-corrected chi connectivity index (χ1v) is 14.1. The summed E-state index contributed by atoms with van der Waals surface area (Å²) in [6.45, 7) is 6.76. The van der Waals surface area contributed by atoms with E-state index in [0.29, 0.717) is 41.8 Å². The van der Waals surface area contributed by atoms with Crippen LogP contribution in [0.3, 0.4) is 0 Å². The number of rotatable bonds is 7. The predicted octanol–water partition coefficient (Wildman–Crippen LogP) is 6.01. The number of allylic oxidation sites excluding steroid dienone is 2. The fourth-order valence-corrected chi connectivity index (χ4v) is 6.84. The SMILES string of the molecule is COC(=O)C1=C(C)C2CCC2C(C)=C(C(=O)O[C@@]2(C)CCN(Cc3cc(F)cc(F)c3)C2)[C@H]1c1cccc([N+](=O)[O-])c1. The molecule has 2 unspecified atom stereocenters. The molecular formula is C32H34F2N2O6. The van der Waals surface area contributed by atoms with Gasteiger partial charge >= 0.3 is 11.9 Å². The molecule has 2 aliphatic carbocycles. The molecule has 1 aliphatic heterocycles. The number of ether oxygens (including phenoxy) is 2. The molecule has 2 aromatic carbocycles. The molecule has 0 bridgehead atoms. The van der Waals surface area contributed by atoms with Crippen LogP contribution in [0.15, 0.2) is 64.8 Å². The minimum Gasteiger partial charge on any atom is -0.466 e. The number of nitrogens with zero attached hydrogens (tertiary/aromatic N) is 2. The van der Waals surface area contributed by atoms with Crippen molar-refractivity contribution < 1.29 is 32.8 Å². The quantitative estimate of drug-likeness (QED) is 0.225. The van der Waals surface area contributed by atoms with Crippen molar-refractivity contribution in [2.24, 2.45) is 11.8 Å². The Labute approximate surface area is 243 Å². The van der Waals surface area contributed by atoms with Gasteiger partial charge in [0.25, 0.3) is 5.69 Å². The second-order valence-corrected chi connectivity index (χ2v) is 11.8. The van der Waals surface area contributed by atoms with E-state index >= 15 is 0 Å². The fraction of sp³-hybridized carbons (Fsp3) is 0.438. The number of likely N-dealkylation sites (tertiary alicyclic amines) is 1. The summed E-state index contributed by atoms with van der Waals surface area (Å²) in [5, 5.41) is 11.7. The van der Waals surface area contributed by atoms with Gasteiger partial charge in [-0.25, -0.2) is 18.4 Å². The van der Waals surface area contributed by atoms with Crippen LogP contribution in [0.1, 0.15) is 57.1 Å². The summed E-state index contributed by atoms with van der Waals surface area (Å²) in [6.07, 6.45) is 2.19. The first kappa shape index (κ1) is 29.6. The van der Waals surface area contributed by atoms with Crippen molar-refractivity contribution in [3.63, 3.8) is 0 Å². The third kappa shape index (κ3) is 5.60. The van der Waals surface area contributed by atoms with E-state index in [0.717, 1.165) is 30.1 Å². The molecule has 5 rings (SSSR count). The van der Waals surface area contributed by atoms with Gasteiger partial charge in [0.1, 0.15) is 17.2 Å². The molecule has 42 heavy (non-hydrogen) atoms. The third-order valence-electron chi connectivity index (χ3n) is 9.04. The standard InChI is InChI=1S/C32H34F2N2O6/c1-18-25-8-9-26(25)19(2)28(29(27(18)30(37)41-4)21-6-5-7-24(14-21)36(39)40)31(38)42-32(3)10-11-35(17-32)16-20-12-22(33)15-23(34)13-20/h5-7,12-15,25-26,29H,8-11,16-17H2,1-4H3/t25?,26?,29-,32-/m0/s1. The number of hydrogen-bond acceptors (Lipinski definition) is 7. The summed E-state index contributed by atoms with van der Waals surface area (Å²) in [5.74, 6) is -3.31. The largest absolute Gasteiger partial charge is 0.466 e. The minimum absolute atomic E-state index is 0.0339. The Kier molecular flexibility index (Phi) is 8.02. The molecule has 4 atom stereocenters. The van der Waals surface area contributed by atoms with Crippen LogP contribution in [0.25, 0.3) is 0 Å². The lowest BCUT2D eigenvalue weighted by molar-refractivity contribution is -0.384. The number of methoxy groups -OCH3 is 1. The smallest absolute Gasteiger partial charge is 0.335 e. The first-order chi connectivity index (χ1) is 19.9. The van der Waals surface area contributed by atoms with E-state index in [9.17, 15) is 28.5 Å². The Morgan fingerprint density at radius 2 is 1.64 bits per heavy atom. The van der Waals surface area contributed by atoms with Gasteiger partial charge in [0.2, 0.25) is 0 Å². The molecule has 0 N–H and O–H groups in total. The summed E-state index contributed by atoms with van der Waals surface area (Å²) in [7, 11) is 1.28. The third-order valence-corrected chi connectivity index (χ3v) is 9.04. The fourth-order valence-electron chi connectivity index (χ4n) is 6.84. The summed E-state index contributed by atoms with van der Waals surface area (Å²) >= 11 is 0. The highest BCUT2D eigenvalue weighted by molar-refractivity contribution is 5.99. The van der Waals surface area contributed by atoms with Crippen molar-refractivity contribution in [2.75, 3.05) is 20.2 Å². The second kappa shape index (κ2) is 11.4. The van der Waals surface area contributed by atoms with E-state index < -0.39 is 40.0 Å². The molecule has 3 aliphatic rings. The Balaban J connectivity index is 1.50. The maximum atomic E-state index is 14.2. The zero-order valence-corrected chi connectivity index (χ0v) is 24.1. The van der Waals surface area contributed by atoms with Gasteiger partial charge in [-0.2, -0.15) is 0 Å². The maximum absolute atomic E-state index is 14.2. The van der Waals surface area contributed by atoms with Gasteiger partial charge in [-0.15, -0.1) is 0 Å². The van der Waals surface area contributed by atoms with Crippen LogP contribution in [-0.2, 0) is 25.6 Å². The van der Waals surface area contributed by atoms with Gasteiger partial charge in [0, 0.05) is 61.3 Å². The zero-order chi connectivity index (χ0) is 30.3. The van der Waals surface area contributed by atoms with Crippen LogP contribution in [0.5, 0.6) is 0 Å². The highest BCUT2D eigenvalue weighted by Crippen LogP contribution is 2.53. The number of carbonyl (C=O) groups excluding carboxylic acids is 2. The van der Waals surface area contributed by atoms with Crippen LogP contribution in [0.2, 0.25) is 0 Å². The van der Waals surface area contributed by atoms with E-state index in [1.165, 1.54) is 31.4 Å². The molecule has 0 spiro atoms. The molecule has 1 heterocycles. The number of halogens is 2. The zero-order valence-electron chi connectivity index (χ0n) is 24.1. The number of esters is 2. The number of carbonyl (C=O) groups is 2. The molecular weight excluding hydrogens is 546 g/mol. The van der Waals surface area contributed by atoms with E-state index in [1.807, 2.05) is 25.7 Å². The lowest BCUT2D eigenvalue weighted by Gasteiger charge is -2.38. The number of nitro groups is 1. The summed E-state index contributed by atoms with van der Waals surface area (Å²) in [6, 6.07) is 9.38. The van der Waals surface area contributed by atoms with Gasteiger partial charge < -0.3 is 9.47 Å². The lowest BCUT2D eigenvalue weighted by Crippen LogP contribution is -2.37. The molecule has 0 aromatic heterocycles. The van der Waals surface area contributed by atoms with Gasteiger partial charge in [0.05, 0.1) is 12.0 Å². The van der Waals surface area contributed by atoms with Crippen molar-refractivity contribution in [1.82, 2.24) is 4.90 Å². The minimum atomic E-state index is -0.910. The maximum Gasteiger partial charge on any atom is 0.335 e. The first-order valence-electron chi connectivity index (χ1n) is 14.1. The summed E-state index contributed by atoms with van der Waals surface area (Å²) in [4.78, 5) is 40.6. The number of nitro benzene ring substituents is 1. The molecule has 0 amide bonds. The molecule has 2 fully saturated rings. The molecule has 1 saturated carbocycles. The highest BCUT2D eigenvalue weighted by atomic mass is 19.1. The normalized spacial score (nSPS) is 25.9. The van der Waals surface area contributed by atoms with Crippen molar-refractivity contribution in [2.45, 2.75) is 58.1 Å². The van der Waals surface area contributed by atoms with Crippen molar-refractivity contribution in [1.29, 1.82) is 0 Å². The van der Waals surface area contributed by atoms with Crippen LogP contribution >= 0.6 is 0 Å². The number of hydrogen-bond donors (Lipinski definition) is 0. The summed E-state index contributed by atoms with van der Waals surface area (Å²) < 4.78 is 38.9. The van der Waals surface area contributed by atoms with E-state index in [-0.39, 0.29) is 24.1 Å². The highest BCUT2D eigenvalue weighted by Gasteiger charge is 2.47. The van der Waals surface area contributed by atoms with Gasteiger partial charge in [0.15, 0.2) is 0 Å². The molecule has 1 saturated heterocycles. The van der Waals surface area contributed by atoms with E-state index in [4.69, 9.17) is 9.47 Å². The molecule has 8 nitrogen and oxygen atoms in total. The Morgan fingerprint density at radius 3 is 2.21 bits per heavy atom. The van der Waals surface area contributed by atoms with Crippen LogP contribution in [0.4, 0.5) is 14.5 Å².